The molecule has 1 aromatic carbocycles. The number of nitrogens with one attached hydrogen (secondary N) is 2. The molecule has 0 spiro atoms. The minimum Gasteiger partial charge on any atom is -0.478 e. The van der Waals surface area contributed by atoms with Crippen LogP contribution in [0.4, 0.5) is 10.5 Å². The Morgan fingerprint density at radius 1 is 1.48 bits per heavy atom. The normalized spacial score (nSPS) is 10.2. The number of carbonyl (C=O) groups is 2. The van der Waals surface area contributed by atoms with Crippen molar-refractivity contribution in [3.05, 3.63) is 46.7 Å². The summed E-state index contributed by atoms with van der Waals surface area (Å²) in [6, 6.07) is 3.89. The number of aromatic carboxylic acids is 1. The fraction of sp³-hybridized carbons (Fsp3) is 0.154. The monoisotopic (exact) mass is 308 g/mol. The average molecular weight is 309 g/mol. The Bertz CT molecular complexity index is 657. The molecule has 7 nitrogen and oxygen atoms in total. The number of urea groups is 1. The van der Waals surface area contributed by atoms with E-state index in [-0.39, 0.29) is 16.6 Å². The molecule has 110 valence electrons. The third kappa shape index (κ3) is 3.73. The number of halogens is 1. The Balaban J connectivity index is 2.02. The highest BCUT2D eigenvalue weighted by Gasteiger charge is 2.13. The summed E-state index contributed by atoms with van der Waals surface area (Å²) >= 11 is 5.84. The van der Waals surface area contributed by atoms with Crippen LogP contribution in [0, 0.1) is 0 Å². The molecular weight excluding hydrogens is 296 g/mol. The molecule has 21 heavy (non-hydrogen) atoms. The Labute approximate surface area is 125 Å². The van der Waals surface area contributed by atoms with Crippen molar-refractivity contribution in [2.24, 2.45) is 0 Å². The highest BCUT2D eigenvalue weighted by Crippen LogP contribution is 2.21. The second-order valence-corrected chi connectivity index (χ2v) is 4.80. The third-order valence-corrected chi connectivity index (χ3v) is 3.08. The molecule has 1 aromatic heterocycles. The molecule has 0 aliphatic heterocycles. The predicted molar refractivity (Wildman–Crippen MR) is 77.5 cm³/mol. The molecule has 8 heteroatoms. The van der Waals surface area contributed by atoms with E-state index in [0.29, 0.717) is 12.2 Å². The Morgan fingerprint density at radius 2 is 2.24 bits per heavy atom. The van der Waals surface area contributed by atoms with E-state index < -0.39 is 5.97 Å². The first-order valence-electron chi connectivity index (χ1n) is 6.00. The molecule has 0 aliphatic rings. The van der Waals surface area contributed by atoms with E-state index in [1.54, 1.807) is 19.4 Å². The van der Waals surface area contributed by atoms with Crippen LogP contribution in [0.2, 0.25) is 5.02 Å². The number of amides is 2. The average Bonchev–Trinajstić information content (AvgIpc) is 2.91. The summed E-state index contributed by atoms with van der Waals surface area (Å²) in [6.45, 7) is 0.392. The van der Waals surface area contributed by atoms with Gasteiger partial charge in [-0.15, -0.1) is 0 Å². The van der Waals surface area contributed by atoms with Crippen molar-refractivity contribution in [2.45, 2.75) is 6.54 Å². The smallest absolute Gasteiger partial charge is 0.337 e. The van der Waals surface area contributed by atoms with E-state index in [4.69, 9.17) is 16.7 Å². The fourth-order valence-corrected chi connectivity index (χ4v) is 1.96. The molecule has 0 fully saturated rings. The molecule has 3 N–H and O–H groups in total. The van der Waals surface area contributed by atoms with Gasteiger partial charge in [-0.2, -0.15) is 5.10 Å². The molecule has 0 aliphatic carbocycles. The van der Waals surface area contributed by atoms with Crippen molar-refractivity contribution in [3.8, 4) is 0 Å². The van der Waals surface area contributed by atoms with Gasteiger partial charge in [-0.3, -0.25) is 5.10 Å². The first-order valence-corrected chi connectivity index (χ1v) is 6.38. The summed E-state index contributed by atoms with van der Waals surface area (Å²) in [5.41, 5.74) is 1.28. The summed E-state index contributed by atoms with van der Waals surface area (Å²) in [4.78, 5) is 24.3. The van der Waals surface area contributed by atoms with Crippen molar-refractivity contribution in [1.29, 1.82) is 0 Å². The van der Waals surface area contributed by atoms with Gasteiger partial charge in [-0.25, -0.2) is 9.59 Å². The molecule has 0 bridgehead atoms. The number of hydrogen-bond donors (Lipinski definition) is 3. The lowest BCUT2D eigenvalue weighted by atomic mass is 10.2. The lowest BCUT2D eigenvalue weighted by Crippen LogP contribution is -2.30. The second-order valence-electron chi connectivity index (χ2n) is 4.39. The van der Waals surface area contributed by atoms with Crippen molar-refractivity contribution >= 4 is 29.3 Å². The highest BCUT2D eigenvalue weighted by atomic mass is 35.5. The SMILES string of the molecule is CN(Cc1cn[nH]c1)C(=O)Nc1ccc(C(=O)O)c(Cl)c1. The van der Waals surface area contributed by atoms with Crippen LogP contribution in [0.1, 0.15) is 15.9 Å². The number of carboxylic acids is 1. The summed E-state index contributed by atoms with van der Waals surface area (Å²) in [7, 11) is 1.63. The number of aromatic amines is 1. The van der Waals surface area contributed by atoms with E-state index in [1.165, 1.54) is 23.1 Å². The second kappa shape index (κ2) is 6.27. The van der Waals surface area contributed by atoms with E-state index in [2.05, 4.69) is 15.5 Å². The van der Waals surface area contributed by atoms with Crippen LogP contribution in [0.3, 0.4) is 0 Å². The zero-order valence-electron chi connectivity index (χ0n) is 11.1. The molecule has 2 rings (SSSR count). The van der Waals surface area contributed by atoms with Gasteiger partial charge >= 0.3 is 12.0 Å². The van der Waals surface area contributed by atoms with Crippen LogP contribution in [0.5, 0.6) is 0 Å². The zero-order valence-corrected chi connectivity index (χ0v) is 11.9. The topological polar surface area (TPSA) is 98.3 Å². The van der Waals surface area contributed by atoms with Gasteiger partial charge < -0.3 is 15.3 Å². The molecule has 0 saturated carbocycles. The highest BCUT2D eigenvalue weighted by molar-refractivity contribution is 6.33. The van der Waals surface area contributed by atoms with Gasteiger partial charge in [0.2, 0.25) is 0 Å². The quantitative estimate of drug-likeness (QED) is 0.807. The van der Waals surface area contributed by atoms with Crippen LogP contribution >= 0.6 is 11.6 Å². The number of hydrogen-bond acceptors (Lipinski definition) is 3. The van der Waals surface area contributed by atoms with Gasteiger partial charge in [-0.1, -0.05) is 11.6 Å². The maximum atomic E-state index is 12.0. The lowest BCUT2D eigenvalue weighted by Gasteiger charge is -2.17. The minimum atomic E-state index is -1.12. The third-order valence-electron chi connectivity index (χ3n) is 2.77. The van der Waals surface area contributed by atoms with Crippen molar-refractivity contribution in [3.63, 3.8) is 0 Å². The van der Waals surface area contributed by atoms with Gasteiger partial charge in [0.1, 0.15) is 0 Å². The lowest BCUT2D eigenvalue weighted by molar-refractivity contribution is 0.0697. The minimum absolute atomic E-state index is 0.0126. The molecule has 0 saturated heterocycles. The number of rotatable bonds is 4. The first-order chi connectivity index (χ1) is 9.97. The number of carboxylic acid groups (broad SMARTS) is 1. The van der Waals surface area contributed by atoms with E-state index in [9.17, 15) is 9.59 Å². The zero-order chi connectivity index (χ0) is 15.4. The summed E-state index contributed by atoms with van der Waals surface area (Å²) in [5, 5.41) is 18.1. The number of nitrogens with zero attached hydrogens (tertiary/aromatic N) is 2. The van der Waals surface area contributed by atoms with Gasteiger partial charge in [0, 0.05) is 24.5 Å². The number of anilines is 1. The Hall–Kier alpha value is -2.54. The Morgan fingerprint density at radius 3 is 2.81 bits per heavy atom. The largest absolute Gasteiger partial charge is 0.478 e. The van der Waals surface area contributed by atoms with Gasteiger partial charge in [0.15, 0.2) is 0 Å². The van der Waals surface area contributed by atoms with Gasteiger partial charge in [0.05, 0.1) is 23.3 Å². The Kier molecular flexibility index (Phi) is 4.44. The van der Waals surface area contributed by atoms with E-state index in [0.717, 1.165) is 5.56 Å². The number of carbonyl (C=O) groups excluding carboxylic acids is 1. The van der Waals surface area contributed by atoms with Crippen molar-refractivity contribution in [2.75, 3.05) is 12.4 Å². The molecule has 0 atom stereocenters. The number of H-pyrrole nitrogens is 1. The van der Waals surface area contributed by atoms with Gasteiger partial charge in [0.25, 0.3) is 0 Å². The molecule has 2 amide bonds. The van der Waals surface area contributed by atoms with Crippen molar-refractivity contribution < 1.29 is 14.7 Å². The van der Waals surface area contributed by atoms with E-state index >= 15 is 0 Å². The number of benzene rings is 1. The van der Waals surface area contributed by atoms with Crippen LogP contribution in [-0.2, 0) is 6.54 Å². The fourth-order valence-electron chi connectivity index (χ4n) is 1.69. The van der Waals surface area contributed by atoms with Crippen LogP contribution in [0.15, 0.2) is 30.6 Å². The standard InChI is InChI=1S/C13H13ClN4O3/c1-18(7-8-5-15-16-6-8)13(21)17-9-2-3-10(12(19)20)11(14)4-9/h2-6H,7H2,1H3,(H,15,16)(H,17,21)(H,19,20). The van der Waals surface area contributed by atoms with Crippen molar-refractivity contribution in [1.82, 2.24) is 15.1 Å². The first kappa shape index (κ1) is 14.9. The van der Waals surface area contributed by atoms with Crippen LogP contribution < -0.4 is 5.32 Å². The molecular formula is C13H13ClN4O3. The summed E-state index contributed by atoms with van der Waals surface area (Å²) in [6.07, 6.45) is 3.32. The summed E-state index contributed by atoms with van der Waals surface area (Å²) in [5.74, 6) is -1.12. The maximum absolute atomic E-state index is 12.0. The molecule has 2 aromatic rings. The number of aromatic nitrogens is 2. The maximum Gasteiger partial charge on any atom is 0.337 e. The van der Waals surface area contributed by atoms with Crippen LogP contribution in [0.25, 0.3) is 0 Å². The summed E-state index contributed by atoms with van der Waals surface area (Å²) < 4.78 is 0. The van der Waals surface area contributed by atoms with E-state index in [1.807, 2.05) is 0 Å². The van der Waals surface area contributed by atoms with Crippen LogP contribution in [-0.4, -0.2) is 39.3 Å². The molecule has 0 radical (unpaired) electrons. The van der Waals surface area contributed by atoms with Gasteiger partial charge in [-0.05, 0) is 18.2 Å². The predicted octanol–water partition coefficient (Wildman–Crippen LogP) is 2.43. The molecule has 1 heterocycles. The molecule has 0 unspecified atom stereocenters.